The minimum absolute atomic E-state index is 0.000327. The number of carbonyl (C=O) groups excluding carboxylic acids is 2. The van der Waals surface area contributed by atoms with Crippen LogP contribution in [0.5, 0.6) is 0 Å². The number of likely N-dealkylation sites (tertiary alicyclic amines) is 1. The average Bonchev–Trinajstić information content (AvgIpc) is 2.28. The van der Waals surface area contributed by atoms with E-state index in [2.05, 4.69) is 24.2 Å². The Morgan fingerprint density at radius 2 is 1.82 bits per heavy atom. The van der Waals surface area contributed by atoms with Crippen molar-refractivity contribution in [1.29, 1.82) is 0 Å². The molecule has 0 aliphatic carbocycles. The van der Waals surface area contributed by atoms with Gasteiger partial charge in [0.15, 0.2) is 0 Å². The van der Waals surface area contributed by atoms with Crippen LogP contribution in [0, 0.1) is 5.41 Å². The zero-order valence-electron chi connectivity index (χ0n) is 11.2. The standard InChI is InChI=1S/C13H24N2O2/c1-11(16)4-5-12(17)14-10-13(2)6-8-15(3)9-7-13/h4-10H2,1-3H3,(H,14,17). The summed E-state index contributed by atoms with van der Waals surface area (Å²) in [5, 5.41) is 2.95. The molecule has 0 unspecified atom stereocenters. The summed E-state index contributed by atoms with van der Waals surface area (Å²) in [4.78, 5) is 24.6. The van der Waals surface area contributed by atoms with Crippen molar-refractivity contribution >= 4 is 11.7 Å². The molecule has 0 atom stereocenters. The van der Waals surface area contributed by atoms with Crippen LogP contribution < -0.4 is 5.32 Å². The van der Waals surface area contributed by atoms with Gasteiger partial charge in [0.2, 0.25) is 5.91 Å². The third kappa shape index (κ3) is 5.31. The largest absolute Gasteiger partial charge is 0.356 e. The van der Waals surface area contributed by atoms with Crippen LogP contribution in [0.3, 0.4) is 0 Å². The minimum Gasteiger partial charge on any atom is -0.356 e. The summed E-state index contributed by atoms with van der Waals surface area (Å²) >= 11 is 0. The lowest BCUT2D eigenvalue weighted by Crippen LogP contribution is -2.43. The number of hydrogen-bond acceptors (Lipinski definition) is 3. The third-order valence-corrected chi connectivity index (χ3v) is 3.61. The molecule has 0 aromatic heterocycles. The van der Waals surface area contributed by atoms with E-state index in [0.717, 1.165) is 32.5 Å². The summed E-state index contributed by atoms with van der Waals surface area (Å²) < 4.78 is 0. The van der Waals surface area contributed by atoms with Gasteiger partial charge in [0, 0.05) is 19.4 Å². The monoisotopic (exact) mass is 240 g/mol. The molecule has 0 spiro atoms. The number of Topliss-reactive ketones (excluding diaryl/α,β-unsaturated/α-hetero) is 1. The summed E-state index contributed by atoms with van der Waals surface area (Å²) in [6.45, 7) is 6.67. The van der Waals surface area contributed by atoms with Crippen LogP contribution in [0.15, 0.2) is 0 Å². The molecule has 1 heterocycles. The molecule has 4 heteroatoms. The van der Waals surface area contributed by atoms with Crippen molar-refractivity contribution in [2.24, 2.45) is 5.41 Å². The van der Waals surface area contributed by atoms with Gasteiger partial charge in [-0.3, -0.25) is 4.79 Å². The Labute approximate surface area is 104 Å². The third-order valence-electron chi connectivity index (χ3n) is 3.61. The van der Waals surface area contributed by atoms with Gasteiger partial charge in [-0.25, -0.2) is 0 Å². The first kappa shape index (κ1) is 14.2. The fourth-order valence-corrected chi connectivity index (χ4v) is 2.03. The van der Waals surface area contributed by atoms with Crippen LogP contribution in [0.2, 0.25) is 0 Å². The van der Waals surface area contributed by atoms with Crippen molar-refractivity contribution in [2.45, 2.75) is 39.5 Å². The second-order valence-electron chi connectivity index (χ2n) is 5.59. The molecular weight excluding hydrogens is 216 g/mol. The Balaban J connectivity index is 2.25. The SMILES string of the molecule is CC(=O)CCC(=O)NCC1(C)CCN(C)CC1. The van der Waals surface area contributed by atoms with Crippen molar-refractivity contribution in [3.63, 3.8) is 0 Å². The maximum Gasteiger partial charge on any atom is 0.220 e. The highest BCUT2D eigenvalue weighted by Crippen LogP contribution is 2.29. The maximum atomic E-state index is 11.5. The van der Waals surface area contributed by atoms with Gasteiger partial charge in [-0.2, -0.15) is 0 Å². The first-order chi connectivity index (χ1) is 7.91. The molecule has 0 bridgehead atoms. The van der Waals surface area contributed by atoms with Gasteiger partial charge in [-0.15, -0.1) is 0 Å². The molecule has 1 fully saturated rings. The fourth-order valence-electron chi connectivity index (χ4n) is 2.03. The number of amides is 1. The lowest BCUT2D eigenvalue weighted by Gasteiger charge is -2.37. The molecule has 1 saturated heterocycles. The highest BCUT2D eigenvalue weighted by Gasteiger charge is 2.28. The molecule has 1 amide bonds. The van der Waals surface area contributed by atoms with Gasteiger partial charge in [0.1, 0.15) is 5.78 Å². The van der Waals surface area contributed by atoms with E-state index in [0.29, 0.717) is 12.8 Å². The predicted molar refractivity (Wildman–Crippen MR) is 67.8 cm³/mol. The van der Waals surface area contributed by atoms with Crippen molar-refractivity contribution in [3.05, 3.63) is 0 Å². The first-order valence-electron chi connectivity index (χ1n) is 6.36. The molecule has 0 saturated carbocycles. The summed E-state index contributed by atoms with van der Waals surface area (Å²) in [6, 6.07) is 0. The molecule has 0 aromatic carbocycles. The van der Waals surface area contributed by atoms with E-state index >= 15 is 0 Å². The summed E-state index contributed by atoms with van der Waals surface area (Å²) in [6.07, 6.45) is 2.92. The Morgan fingerprint density at radius 3 is 2.35 bits per heavy atom. The molecular formula is C13H24N2O2. The number of nitrogens with zero attached hydrogens (tertiary/aromatic N) is 1. The van der Waals surface area contributed by atoms with Gasteiger partial charge in [-0.1, -0.05) is 6.92 Å². The molecule has 1 N–H and O–H groups in total. The predicted octanol–water partition coefficient (Wildman–Crippen LogP) is 1.20. The van der Waals surface area contributed by atoms with E-state index < -0.39 is 0 Å². The maximum absolute atomic E-state index is 11.5. The van der Waals surface area contributed by atoms with Crippen LogP contribution in [-0.2, 0) is 9.59 Å². The molecule has 1 aliphatic rings. The van der Waals surface area contributed by atoms with Gasteiger partial charge in [-0.05, 0) is 45.3 Å². The quantitative estimate of drug-likeness (QED) is 0.785. The minimum atomic E-state index is 0.000327. The molecule has 17 heavy (non-hydrogen) atoms. The van der Waals surface area contributed by atoms with Crippen molar-refractivity contribution in [1.82, 2.24) is 10.2 Å². The van der Waals surface area contributed by atoms with Gasteiger partial charge in [0.05, 0.1) is 0 Å². The summed E-state index contributed by atoms with van der Waals surface area (Å²) in [7, 11) is 2.13. The zero-order valence-corrected chi connectivity index (χ0v) is 11.2. The topological polar surface area (TPSA) is 49.4 Å². The molecule has 4 nitrogen and oxygen atoms in total. The van der Waals surface area contributed by atoms with Gasteiger partial charge < -0.3 is 15.0 Å². The van der Waals surface area contributed by atoms with Crippen LogP contribution in [0.4, 0.5) is 0 Å². The smallest absolute Gasteiger partial charge is 0.220 e. The highest BCUT2D eigenvalue weighted by molar-refractivity contribution is 5.83. The molecule has 98 valence electrons. The van der Waals surface area contributed by atoms with E-state index in [9.17, 15) is 9.59 Å². The Hall–Kier alpha value is -0.900. The Kier molecular flexibility index (Phi) is 5.12. The highest BCUT2D eigenvalue weighted by atomic mass is 16.2. The van der Waals surface area contributed by atoms with Crippen molar-refractivity contribution < 1.29 is 9.59 Å². The Bertz CT molecular complexity index is 281. The summed E-state index contributed by atoms with van der Waals surface area (Å²) in [5.41, 5.74) is 0.221. The number of carbonyl (C=O) groups is 2. The second-order valence-corrected chi connectivity index (χ2v) is 5.59. The normalized spacial score (nSPS) is 19.9. The molecule has 0 aromatic rings. The number of hydrogen-bond donors (Lipinski definition) is 1. The van der Waals surface area contributed by atoms with Crippen LogP contribution in [0.1, 0.15) is 39.5 Å². The zero-order chi connectivity index (χ0) is 12.9. The lowest BCUT2D eigenvalue weighted by molar-refractivity contribution is -0.125. The first-order valence-corrected chi connectivity index (χ1v) is 6.36. The van der Waals surface area contributed by atoms with E-state index in [1.165, 1.54) is 6.92 Å². The lowest BCUT2D eigenvalue weighted by atomic mass is 9.80. The second kappa shape index (κ2) is 6.15. The van der Waals surface area contributed by atoms with Gasteiger partial charge in [0.25, 0.3) is 0 Å². The average molecular weight is 240 g/mol. The van der Waals surface area contributed by atoms with Crippen LogP contribution in [-0.4, -0.2) is 43.3 Å². The van der Waals surface area contributed by atoms with Crippen molar-refractivity contribution in [2.75, 3.05) is 26.7 Å². The molecule has 1 rings (SSSR count). The number of nitrogens with one attached hydrogen (secondary N) is 1. The van der Waals surface area contributed by atoms with Crippen LogP contribution >= 0.6 is 0 Å². The van der Waals surface area contributed by atoms with E-state index in [1.807, 2.05) is 0 Å². The fraction of sp³-hybridized carbons (Fsp3) is 0.846. The van der Waals surface area contributed by atoms with Crippen LogP contribution in [0.25, 0.3) is 0 Å². The van der Waals surface area contributed by atoms with E-state index in [4.69, 9.17) is 0 Å². The van der Waals surface area contributed by atoms with E-state index in [1.54, 1.807) is 0 Å². The Morgan fingerprint density at radius 1 is 1.24 bits per heavy atom. The van der Waals surface area contributed by atoms with Crippen molar-refractivity contribution in [3.8, 4) is 0 Å². The van der Waals surface area contributed by atoms with Gasteiger partial charge >= 0.3 is 0 Å². The number of ketones is 1. The molecule has 1 aliphatic heterocycles. The van der Waals surface area contributed by atoms with E-state index in [-0.39, 0.29) is 17.1 Å². The number of rotatable bonds is 5. The molecule has 0 radical (unpaired) electrons. The number of piperidine rings is 1. The summed E-state index contributed by atoms with van der Waals surface area (Å²) in [5.74, 6) is 0.0750.